The number of halogens is 2. The van der Waals surface area contributed by atoms with Gasteiger partial charge in [0.1, 0.15) is 0 Å². The van der Waals surface area contributed by atoms with Crippen molar-refractivity contribution in [1.29, 1.82) is 0 Å². The first kappa shape index (κ1) is 12.0. The minimum absolute atomic E-state index is 0.557. The van der Waals surface area contributed by atoms with E-state index in [4.69, 9.17) is 23.2 Å². The standard InChI is InChI=1S/C11H10Cl2N4/c12-9-3-1-4-10(13)8(9)7-16-17-11-14-5-2-6-15-11/h1-5,7H,6H2,(H2,14,15,17)/b16-7+. The fourth-order valence-electron chi connectivity index (χ4n) is 1.24. The number of rotatable bonds is 2. The van der Waals surface area contributed by atoms with Crippen LogP contribution in [0.15, 0.2) is 40.6 Å². The van der Waals surface area contributed by atoms with Gasteiger partial charge >= 0.3 is 0 Å². The lowest BCUT2D eigenvalue weighted by atomic mass is 10.2. The van der Waals surface area contributed by atoms with Crippen molar-refractivity contribution >= 4 is 35.4 Å². The molecule has 1 heterocycles. The fourth-order valence-corrected chi connectivity index (χ4v) is 1.74. The van der Waals surface area contributed by atoms with Crippen molar-refractivity contribution in [3.63, 3.8) is 0 Å². The van der Waals surface area contributed by atoms with Crippen molar-refractivity contribution in [2.45, 2.75) is 0 Å². The Morgan fingerprint density at radius 2 is 2.12 bits per heavy atom. The maximum atomic E-state index is 5.99. The van der Waals surface area contributed by atoms with Gasteiger partial charge in [-0.25, -0.2) is 10.4 Å². The lowest BCUT2D eigenvalue weighted by Gasteiger charge is -2.08. The summed E-state index contributed by atoms with van der Waals surface area (Å²) in [6, 6.07) is 5.30. The van der Waals surface area contributed by atoms with Crippen LogP contribution in [0.2, 0.25) is 10.0 Å². The molecular weight excluding hydrogens is 259 g/mol. The van der Waals surface area contributed by atoms with Gasteiger partial charge in [0, 0.05) is 18.3 Å². The highest BCUT2D eigenvalue weighted by Crippen LogP contribution is 2.21. The Morgan fingerprint density at radius 3 is 2.76 bits per heavy atom. The van der Waals surface area contributed by atoms with E-state index in [1.807, 2.05) is 6.08 Å². The molecule has 1 aromatic carbocycles. The van der Waals surface area contributed by atoms with Crippen LogP contribution in [0.3, 0.4) is 0 Å². The number of nitrogens with one attached hydrogen (secondary N) is 2. The second kappa shape index (κ2) is 5.70. The Bertz CT molecular complexity index is 474. The van der Waals surface area contributed by atoms with Crippen LogP contribution >= 0.6 is 23.2 Å². The lowest BCUT2D eigenvalue weighted by molar-refractivity contribution is 0.895. The zero-order valence-electron chi connectivity index (χ0n) is 8.82. The predicted molar refractivity (Wildman–Crippen MR) is 71.8 cm³/mol. The Hall–Kier alpha value is -1.52. The van der Waals surface area contributed by atoms with Gasteiger partial charge in [0.25, 0.3) is 0 Å². The summed E-state index contributed by atoms with van der Waals surface area (Å²) in [6.07, 6.45) is 5.17. The molecule has 1 aliphatic rings. The van der Waals surface area contributed by atoms with Gasteiger partial charge < -0.3 is 5.32 Å². The number of benzene rings is 1. The Morgan fingerprint density at radius 1 is 1.35 bits per heavy atom. The smallest absolute Gasteiger partial charge is 0.217 e. The first-order valence-corrected chi connectivity index (χ1v) is 5.73. The average molecular weight is 269 g/mol. The fraction of sp³-hybridized carbons (Fsp3) is 0.0909. The molecule has 0 saturated heterocycles. The van der Waals surface area contributed by atoms with Crippen LogP contribution < -0.4 is 10.7 Å². The van der Waals surface area contributed by atoms with Crippen LogP contribution in [0.1, 0.15) is 5.56 Å². The van der Waals surface area contributed by atoms with Crippen molar-refractivity contribution < 1.29 is 0 Å². The number of hydrogen-bond donors (Lipinski definition) is 2. The molecule has 0 bridgehead atoms. The van der Waals surface area contributed by atoms with Crippen LogP contribution in [-0.4, -0.2) is 18.7 Å². The van der Waals surface area contributed by atoms with Crippen molar-refractivity contribution in [2.24, 2.45) is 10.1 Å². The summed E-state index contributed by atoms with van der Waals surface area (Å²) in [6.45, 7) is 0.730. The van der Waals surface area contributed by atoms with E-state index < -0.39 is 0 Å². The summed E-state index contributed by atoms with van der Waals surface area (Å²) in [5, 5.41) is 8.14. The molecular formula is C11H10Cl2N4. The molecule has 0 unspecified atom stereocenters. The monoisotopic (exact) mass is 268 g/mol. The summed E-state index contributed by atoms with van der Waals surface area (Å²) in [5.74, 6) is 0.590. The number of nitrogens with zero attached hydrogens (tertiary/aromatic N) is 2. The highest BCUT2D eigenvalue weighted by Gasteiger charge is 2.02. The van der Waals surface area contributed by atoms with Gasteiger partial charge in [-0.1, -0.05) is 29.3 Å². The molecule has 17 heavy (non-hydrogen) atoms. The van der Waals surface area contributed by atoms with E-state index in [0.717, 1.165) is 6.54 Å². The third kappa shape index (κ3) is 3.22. The SMILES string of the molecule is Clc1cccc(Cl)c1/C=N/NC1=NC=CCN1. The molecule has 4 nitrogen and oxygen atoms in total. The first-order valence-electron chi connectivity index (χ1n) is 4.97. The minimum atomic E-state index is 0.557. The van der Waals surface area contributed by atoms with Crippen LogP contribution in [-0.2, 0) is 0 Å². The molecule has 1 aliphatic heterocycles. The number of guanidine groups is 1. The highest BCUT2D eigenvalue weighted by atomic mass is 35.5. The molecule has 0 atom stereocenters. The van der Waals surface area contributed by atoms with Gasteiger partial charge in [0.05, 0.1) is 16.3 Å². The second-order valence-electron chi connectivity index (χ2n) is 3.25. The van der Waals surface area contributed by atoms with Gasteiger partial charge in [0.2, 0.25) is 5.96 Å². The molecule has 88 valence electrons. The quantitative estimate of drug-likeness (QED) is 0.639. The molecule has 0 saturated carbocycles. The third-order valence-corrected chi connectivity index (χ3v) is 2.72. The molecule has 0 aliphatic carbocycles. The number of aliphatic imine (C=N–C) groups is 1. The number of hydrogen-bond acceptors (Lipinski definition) is 4. The van der Waals surface area contributed by atoms with E-state index in [9.17, 15) is 0 Å². The van der Waals surface area contributed by atoms with Crippen molar-refractivity contribution in [3.05, 3.63) is 46.1 Å². The van der Waals surface area contributed by atoms with E-state index in [1.165, 1.54) is 0 Å². The molecule has 2 N–H and O–H groups in total. The van der Waals surface area contributed by atoms with Gasteiger partial charge in [-0.05, 0) is 18.2 Å². The van der Waals surface area contributed by atoms with Gasteiger partial charge in [-0.3, -0.25) is 0 Å². The molecule has 0 amide bonds. The van der Waals surface area contributed by atoms with Crippen LogP contribution in [0.4, 0.5) is 0 Å². The largest absolute Gasteiger partial charge is 0.351 e. The zero-order valence-corrected chi connectivity index (χ0v) is 10.3. The summed E-state index contributed by atoms with van der Waals surface area (Å²) >= 11 is 12.0. The van der Waals surface area contributed by atoms with E-state index >= 15 is 0 Å². The van der Waals surface area contributed by atoms with Crippen LogP contribution in [0, 0.1) is 0 Å². The van der Waals surface area contributed by atoms with Gasteiger partial charge in [0.15, 0.2) is 0 Å². The van der Waals surface area contributed by atoms with E-state index in [2.05, 4.69) is 20.8 Å². The molecule has 0 radical (unpaired) electrons. The molecule has 0 aromatic heterocycles. The first-order chi connectivity index (χ1) is 8.27. The molecule has 0 fully saturated rings. The average Bonchev–Trinajstić information content (AvgIpc) is 2.34. The second-order valence-corrected chi connectivity index (χ2v) is 4.06. The summed E-state index contributed by atoms with van der Waals surface area (Å²) in [5.41, 5.74) is 3.44. The summed E-state index contributed by atoms with van der Waals surface area (Å²) < 4.78 is 0. The molecule has 6 heteroatoms. The lowest BCUT2D eigenvalue weighted by Crippen LogP contribution is -2.35. The van der Waals surface area contributed by atoms with Crippen LogP contribution in [0.5, 0.6) is 0 Å². The zero-order chi connectivity index (χ0) is 12.1. The normalized spacial score (nSPS) is 14.6. The minimum Gasteiger partial charge on any atom is -0.351 e. The maximum Gasteiger partial charge on any atom is 0.217 e. The Kier molecular flexibility index (Phi) is 4.01. The van der Waals surface area contributed by atoms with Gasteiger partial charge in [-0.2, -0.15) is 5.10 Å². The topological polar surface area (TPSA) is 48.8 Å². The highest BCUT2D eigenvalue weighted by molar-refractivity contribution is 6.38. The summed E-state index contributed by atoms with van der Waals surface area (Å²) in [4.78, 5) is 4.04. The molecule has 2 rings (SSSR count). The molecule has 1 aromatic rings. The van der Waals surface area contributed by atoms with E-state index in [1.54, 1.807) is 30.6 Å². The third-order valence-electron chi connectivity index (χ3n) is 2.06. The van der Waals surface area contributed by atoms with Crippen molar-refractivity contribution in [3.8, 4) is 0 Å². The number of hydrazone groups is 1. The Labute approximate surface area is 109 Å². The van der Waals surface area contributed by atoms with Crippen LogP contribution in [0.25, 0.3) is 0 Å². The molecule has 0 spiro atoms. The Balaban J connectivity index is 2.05. The predicted octanol–water partition coefficient (Wildman–Crippen LogP) is 2.39. The van der Waals surface area contributed by atoms with Crippen molar-refractivity contribution in [2.75, 3.05) is 6.54 Å². The van der Waals surface area contributed by atoms with E-state index in [0.29, 0.717) is 21.6 Å². The maximum absolute atomic E-state index is 5.99. The van der Waals surface area contributed by atoms with Gasteiger partial charge in [-0.15, -0.1) is 0 Å². The van der Waals surface area contributed by atoms with E-state index in [-0.39, 0.29) is 0 Å². The summed E-state index contributed by atoms with van der Waals surface area (Å²) in [7, 11) is 0. The van der Waals surface area contributed by atoms with Crippen molar-refractivity contribution in [1.82, 2.24) is 10.7 Å².